The van der Waals surface area contributed by atoms with Gasteiger partial charge in [0.15, 0.2) is 0 Å². The van der Waals surface area contributed by atoms with Crippen LogP contribution in [0.4, 0.5) is 0 Å². The smallest absolute Gasteiger partial charge is 0.243 e. The number of nitrogens with zero attached hydrogens (tertiary/aromatic N) is 1. The lowest BCUT2D eigenvalue weighted by molar-refractivity contribution is 0.181. The van der Waals surface area contributed by atoms with Crippen LogP contribution in [0.25, 0.3) is 0 Å². The monoisotopic (exact) mass is 399 g/mol. The number of hydrogen-bond donors (Lipinski definition) is 0. The van der Waals surface area contributed by atoms with E-state index in [4.69, 9.17) is 4.74 Å². The standard InChI is InChI=1S/C11H15Br2NO3S/c1-17-8-7-14(6-5-12)18(15,16)11-4-2-3-10(13)9-11/h2-4,9H,5-8H2,1H3. The van der Waals surface area contributed by atoms with E-state index in [1.807, 2.05) is 0 Å². The number of ether oxygens (including phenoxy) is 1. The number of alkyl halides is 1. The van der Waals surface area contributed by atoms with Gasteiger partial charge in [0.2, 0.25) is 10.0 Å². The largest absolute Gasteiger partial charge is 0.383 e. The molecule has 0 bridgehead atoms. The second-order valence-corrected chi connectivity index (χ2v) is 7.19. The normalized spacial score (nSPS) is 12.0. The lowest BCUT2D eigenvalue weighted by Crippen LogP contribution is -2.35. The number of hydrogen-bond acceptors (Lipinski definition) is 3. The molecule has 4 nitrogen and oxygen atoms in total. The van der Waals surface area contributed by atoms with Gasteiger partial charge in [-0.2, -0.15) is 4.31 Å². The average Bonchev–Trinajstić information content (AvgIpc) is 2.34. The minimum absolute atomic E-state index is 0.286. The highest BCUT2D eigenvalue weighted by Gasteiger charge is 2.23. The van der Waals surface area contributed by atoms with Gasteiger partial charge in [0, 0.05) is 30.0 Å². The summed E-state index contributed by atoms with van der Waals surface area (Å²) in [4.78, 5) is 0.286. The van der Waals surface area contributed by atoms with Gasteiger partial charge in [0.05, 0.1) is 11.5 Å². The molecule has 0 aliphatic heterocycles. The van der Waals surface area contributed by atoms with Crippen LogP contribution >= 0.6 is 31.9 Å². The third kappa shape index (κ3) is 4.31. The molecule has 0 aliphatic rings. The fraction of sp³-hybridized carbons (Fsp3) is 0.455. The Morgan fingerprint density at radius 1 is 1.33 bits per heavy atom. The molecule has 0 atom stereocenters. The summed E-state index contributed by atoms with van der Waals surface area (Å²) in [5.74, 6) is 0. The van der Waals surface area contributed by atoms with E-state index < -0.39 is 10.0 Å². The van der Waals surface area contributed by atoms with Crippen molar-refractivity contribution in [1.82, 2.24) is 4.31 Å². The van der Waals surface area contributed by atoms with Crippen molar-refractivity contribution < 1.29 is 13.2 Å². The molecule has 0 aliphatic carbocycles. The van der Waals surface area contributed by atoms with Gasteiger partial charge < -0.3 is 4.74 Å². The van der Waals surface area contributed by atoms with Crippen LogP contribution in [0.5, 0.6) is 0 Å². The zero-order valence-electron chi connectivity index (χ0n) is 9.97. The molecule has 102 valence electrons. The Labute approximate surface area is 125 Å². The molecule has 0 radical (unpaired) electrons. The van der Waals surface area contributed by atoms with Crippen LogP contribution in [-0.4, -0.2) is 44.9 Å². The minimum Gasteiger partial charge on any atom is -0.383 e. The van der Waals surface area contributed by atoms with Crippen LogP contribution < -0.4 is 0 Å². The Morgan fingerprint density at radius 3 is 2.61 bits per heavy atom. The van der Waals surface area contributed by atoms with Gasteiger partial charge in [-0.3, -0.25) is 0 Å². The molecule has 0 saturated carbocycles. The van der Waals surface area contributed by atoms with Crippen LogP contribution in [0, 0.1) is 0 Å². The summed E-state index contributed by atoms with van der Waals surface area (Å²) in [5.41, 5.74) is 0. The van der Waals surface area contributed by atoms with E-state index in [9.17, 15) is 8.42 Å². The second kappa shape index (κ2) is 7.59. The maximum absolute atomic E-state index is 12.4. The number of methoxy groups -OCH3 is 1. The molecule has 0 spiro atoms. The number of benzene rings is 1. The Bertz CT molecular complexity index is 479. The Balaban J connectivity index is 3.00. The van der Waals surface area contributed by atoms with Gasteiger partial charge in [-0.1, -0.05) is 37.9 Å². The van der Waals surface area contributed by atoms with Gasteiger partial charge in [0.1, 0.15) is 0 Å². The highest BCUT2D eigenvalue weighted by molar-refractivity contribution is 9.10. The van der Waals surface area contributed by atoms with Gasteiger partial charge in [-0.05, 0) is 18.2 Å². The van der Waals surface area contributed by atoms with Gasteiger partial charge in [-0.15, -0.1) is 0 Å². The first kappa shape index (κ1) is 16.1. The maximum atomic E-state index is 12.4. The third-order valence-corrected chi connectivity index (χ3v) is 5.06. The first-order chi connectivity index (χ1) is 8.52. The highest BCUT2D eigenvalue weighted by Crippen LogP contribution is 2.20. The van der Waals surface area contributed by atoms with E-state index in [0.29, 0.717) is 25.0 Å². The number of sulfonamides is 1. The van der Waals surface area contributed by atoms with E-state index in [-0.39, 0.29) is 4.90 Å². The molecule has 0 aromatic heterocycles. The molecule has 1 aromatic rings. The molecular formula is C11H15Br2NO3S. The SMILES string of the molecule is COCCN(CCBr)S(=O)(=O)c1cccc(Br)c1. The fourth-order valence-electron chi connectivity index (χ4n) is 1.42. The molecule has 7 heteroatoms. The number of rotatable bonds is 7. The predicted octanol–water partition coefficient (Wildman–Crippen LogP) is 2.48. The van der Waals surface area contributed by atoms with E-state index >= 15 is 0 Å². The summed E-state index contributed by atoms with van der Waals surface area (Å²) in [6.45, 7) is 1.13. The Morgan fingerprint density at radius 2 is 2.06 bits per heavy atom. The first-order valence-electron chi connectivity index (χ1n) is 5.33. The number of halogens is 2. The molecule has 1 rings (SSSR count). The summed E-state index contributed by atoms with van der Waals surface area (Å²) < 4.78 is 31.9. The summed E-state index contributed by atoms with van der Waals surface area (Å²) >= 11 is 6.54. The first-order valence-corrected chi connectivity index (χ1v) is 8.68. The van der Waals surface area contributed by atoms with E-state index in [1.165, 1.54) is 4.31 Å². The Kier molecular flexibility index (Phi) is 6.79. The minimum atomic E-state index is -3.46. The van der Waals surface area contributed by atoms with Gasteiger partial charge in [0.25, 0.3) is 0 Å². The summed E-state index contributed by atoms with van der Waals surface area (Å²) in [5, 5.41) is 0.587. The van der Waals surface area contributed by atoms with E-state index in [2.05, 4.69) is 31.9 Å². The van der Waals surface area contributed by atoms with Gasteiger partial charge in [-0.25, -0.2) is 8.42 Å². The van der Waals surface area contributed by atoms with Crippen LogP contribution in [0.2, 0.25) is 0 Å². The van der Waals surface area contributed by atoms with Crippen molar-refractivity contribution in [3.05, 3.63) is 28.7 Å². The summed E-state index contributed by atoms with van der Waals surface area (Å²) in [6.07, 6.45) is 0. The molecule has 0 N–H and O–H groups in total. The lowest BCUT2D eigenvalue weighted by Gasteiger charge is -2.21. The van der Waals surface area contributed by atoms with Crippen LogP contribution in [0.3, 0.4) is 0 Å². The Hall–Kier alpha value is 0.0500. The highest BCUT2D eigenvalue weighted by atomic mass is 79.9. The summed E-state index contributed by atoms with van der Waals surface area (Å²) in [7, 11) is -1.91. The average molecular weight is 401 g/mol. The predicted molar refractivity (Wildman–Crippen MR) is 78.6 cm³/mol. The molecular weight excluding hydrogens is 386 g/mol. The van der Waals surface area contributed by atoms with Crippen molar-refractivity contribution in [3.8, 4) is 0 Å². The van der Waals surface area contributed by atoms with Crippen molar-refractivity contribution in [2.45, 2.75) is 4.90 Å². The molecule has 1 aromatic carbocycles. The van der Waals surface area contributed by atoms with Crippen molar-refractivity contribution in [1.29, 1.82) is 0 Å². The zero-order valence-corrected chi connectivity index (χ0v) is 14.0. The molecule has 0 amide bonds. The van der Waals surface area contributed by atoms with Crippen LogP contribution in [0.15, 0.2) is 33.6 Å². The third-order valence-electron chi connectivity index (χ3n) is 2.31. The van der Waals surface area contributed by atoms with Crippen molar-refractivity contribution >= 4 is 41.9 Å². The molecule has 0 saturated heterocycles. The molecule has 18 heavy (non-hydrogen) atoms. The molecule has 0 fully saturated rings. The van der Waals surface area contributed by atoms with E-state index in [0.717, 1.165) is 4.47 Å². The fourth-order valence-corrected chi connectivity index (χ4v) is 4.10. The molecule has 0 heterocycles. The van der Waals surface area contributed by atoms with Crippen LogP contribution in [0.1, 0.15) is 0 Å². The van der Waals surface area contributed by atoms with E-state index in [1.54, 1.807) is 31.4 Å². The van der Waals surface area contributed by atoms with Crippen molar-refractivity contribution in [2.75, 3.05) is 32.1 Å². The molecule has 0 unspecified atom stereocenters. The van der Waals surface area contributed by atoms with Crippen molar-refractivity contribution in [2.24, 2.45) is 0 Å². The maximum Gasteiger partial charge on any atom is 0.243 e. The lowest BCUT2D eigenvalue weighted by atomic mass is 10.4. The summed E-state index contributed by atoms with van der Waals surface area (Å²) in [6, 6.07) is 6.69. The van der Waals surface area contributed by atoms with Gasteiger partial charge >= 0.3 is 0 Å². The van der Waals surface area contributed by atoms with Crippen LogP contribution in [-0.2, 0) is 14.8 Å². The topological polar surface area (TPSA) is 46.6 Å². The quantitative estimate of drug-likeness (QED) is 0.660. The second-order valence-electron chi connectivity index (χ2n) is 3.54. The van der Waals surface area contributed by atoms with Crippen molar-refractivity contribution in [3.63, 3.8) is 0 Å². The zero-order chi connectivity index (χ0) is 13.6.